The number of benzene rings is 2. The van der Waals surface area contributed by atoms with Crippen LogP contribution in [0.5, 0.6) is 11.5 Å². The van der Waals surface area contributed by atoms with E-state index in [1.165, 1.54) is 17.8 Å². The van der Waals surface area contributed by atoms with E-state index < -0.39 is 5.82 Å². The number of H-pyrrole nitrogens is 1. The van der Waals surface area contributed by atoms with Crippen LogP contribution in [-0.4, -0.2) is 93.3 Å². The minimum absolute atomic E-state index is 0.138. The molecule has 0 radical (unpaired) electrons. The summed E-state index contributed by atoms with van der Waals surface area (Å²) in [6.07, 6.45) is 4.04. The number of thioether (sulfide) groups is 1. The van der Waals surface area contributed by atoms with Crippen molar-refractivity contribution in [3.05, 3.63) is 58.5 Å². The zero-order chi connectivity index (χ0) is 29.3. The first-order chi connectivity index (χ1) is 20.5. The summed E-state index contributed by atoms with van der Waals surface area (Å²) in [5.41, 5.74) is 2.21. The number of amides is 1. The highest BCUT2D eigenvalue weighted by Crippen LogP contribution is 2.36. The largest absolute Gasteiger partial charge is 0.492 e. The maximum Gasteiger partial charge on any atom is 0.266 e. The number of hydrogen-bond donors (Lipinski definition) is 1. The van der Waals surface area contributed by atoms with Crippen molar-refractivity contribution in [3.63, 3.8) is 0 Å². The number of halogens is 1. The van der Waals surface area contributed by atoms with E-state index in [2.05, 4.69) is 25.5 Å². The molecule has 13 heteroatoms. The molecule has 2 aliphatic heterocycles. The number of aromatic nitrogens is 4. The van der Waals surface area contributed by atoms with E-state index in [4.69, 9.17) is 26.4 Å². The van der Waals surface area contributed by atoms with Gasteiger partial charge >= 0.3 is 0 Å². The van der Waals surface area contributed by atoms with Crippen LogP contribution in [0.25, 0.3) is 17.2 Å². The van der Waals surface area contributed by atoms with E-state index in [9.17, 15) is 9.18 Å². The van der Waals surface area contributed by atoms with Crippen LogP contribution in [0.4, 0.5) is 4.39 Å². The molecule has 3 aromatic rings. The number of nitrogens with zero attached hydrogens (tertiary/aromatic N) is 5. The molecule has 0 bridgehead atoms. The van der Waals surface area contributed by atoms with Gasteiger partial charge in [-0.15, -0.1) is 10.2 Å². The van der Waals surface area contributed by atoms with Gasteiger partial charge < -0.3 is 14.2 Å². The molecule has 1 amide bonds. The zero-order valence-electron chi connectivity index (χ0n) is 23.4. The third kappa shape index (κ3) is 7.71. The van der Waals surface area contributed by atoms with Crippen molar-refractivity contribution >= 4 is 40.3 Å². The number of unbranched alkanes of at least 4 members (excludes halogenated alkanes) is 1. The Bertz CT molecular complexity index is 1420. The number of aryl methyl sites for hydroxylation is 1. The van der Waals surface area contributed by atoms with E-state index in [-0.39, 0.29) is 11.7 Å². The van der Waals surface area contributed by atoms with Gasteiger partial charge in [0.1, 0.15) is 16.7 Å². The van der Waals surface area contributed by atoms with Crippen LogP contribution in [0, 0.1) is 5.82 Å². The molecule has 0 atom stereocenters. The number of ether oxygens (including phenoxy) is 3. The summed E-state index contributed by atoms with van der Waals surface area (Å²) in [6.45, 7) is 7.14. The molecular weight excluding hydrogens is 579 g/mol. The summed E-state index contributed by atoms with van der Waals surface area (Å²) >= 11 is 6.83. The molecule has 1 aromatic heterocycles. The van der Waals surface area contributed by atoms with Gasteiger partial charge in [-0.2, -0.15) is 5.21 Å². The number of thiocarbonyl (C=S) groups is 1. The summed E-state index contributed by atoms with van der Waals surface area (Å²) in [5, 5.41) is 13.9. The van der Waals surface area contributed by atoms with Gasteiger partial charge in [-0.1, -0.05) is 41.3 Å². The monoisotopic (exact) mass is 612 g/mol. The van der Waals surface area contributed by atoms with Crippen molar-refractivity contribution in [2.24, 2.45) is 0 Å². The molecule has 2 aliphatic rings. The first kappa shape index (κ1) is 30.1. The van der Waals surface area contributed by atoms with Crippen LogP contribution in [0.2, 0.25) is 0 Å². The fraction of sp³-hybridized carbons (Fsp3) is 0.414. The summed E-state index contributed by atoms with van der Waals surface area (Å²) in [4.78, 5) is 17.8. The zero-order valence-corrected chi connectivity index (χ0v) is 25.0. The second-order valence-corrected chi connectivity index (χ2v) is 11.4. The van der Waals surface area contributed by atoms with Gasteiger partial charge in [0.25, 0.3) is 5.91 Å². The third-order valence-corrected chi connectivity index (χ3v) is 8.30. The van der Waals surface area contributed by atoms with Crippen molar-refractivity contribution in [1.82, 2.24) is 30.4 Å². The molecule has 2 aromatic carbocycles. The highest BCUT2D eigenvalue weighted by molar-refractivity contribution is 8.26. The standard InChI is InChI=1S/C29H33FN6O4S2/c1-2-39-25-9-7-21(18-23(25)30)20-6-8-24(40-16-13-35-11-14-38-15-12-35)22(17-20)19-26-28(37)36(29(41)42-26)10-4-3-5-27-31-33-34-32-27/h6-9,17-19H,2-5,10-16H2,1H3,(H,31,32,33,34)/b26-19-. The highest BCUT2D eigenvalue weighted by Gasteiger charge is 2.32. The molecule has 222 valence electrons. The predicted octanol–water partition coefficient (Wildman–Crippen LogP) is 4.34. The molecular formula is C29H33FN6O4S2. The Balaban J connectivity index is 1.33. The molecule has 1 N–H and O–H groups in total. The lowest BCUT2D eigenvalue weighted by molar-refractivity contribution is -0.122. The van der Waals surface area contributed by atoms with Crippen LogP contribution < -0.4 is 9.47 Å². The summed E-state index contributed by atoms with van der Waals surface area (Å²) in [7, 11) is 0. The molecule has 3 heterocycles. The highest BCUT2D eigenvalue weighted by atomic mass is 32.2. The topological polar surface area (TPSA) is 106 Å². The quantitative estimate of drug-likeness (QED) is 0.170. The number of carbonyl (C=O) groups is 1. The molecule has 42 heavy (non-hydrogen) atoms. The molecule has 5 rings (SSSR count). The van der Waals surface area contributed by atoms with Crippen LogP contribution in [0.1, 0.15) is 31.2 Å². The lowest BCUT2D eigenvalue weighted by Crippen LogP contribution is -2.38. The van der Waals surface area contributed by atoms with E-state index in [0.29, 0.717) is 52.5 Å². The van der Waals surface area contributed by atoms with Crippen molar-refractivity contribution in [2.45, 2.75) is 26.2 Å². The maximum absolute atomic E-state index is 14.7. The van der Waals surface area contributed by atoms with Crippen LogP contribution in [-0.2, 0) is 16.0 Å². The molecule has 2 saturated heterocycles. The van der Waals surface area contributed by atoms with Crippen molar-refractivity contribution < 1.29 is 23.4 Å². The minimum atomic E-state index is -0.429. The van der Waals surface area contributed by atoms with Crippen LogP contribution >= 0.6 is 24.0 Å². The van der Waals surface area contributed by atoms with E-state index in [1.54, 1.807) is 11.0 Å². The molecule has 0 saturated carbocycles. The molecule has 2 fully saturated rings. The number of aromatic amines is 1. The van der Waals surface area contributed by atoms with Gasteiger partial charge in [0, 0.05) is 38.2 Å². The fourth-order valence-corrected chi connectivity index (χ4v) is 6.01. The number of hydrogen-bond acceptors (Lipinski definition) is 10. The Morgan fingerprint density at radius 1 is 1.10 bits per heavy atom. The Kier molecular flexibility index (Phi) is 10.5. The van der Waals surface area contributed by atoms with Crippen molar-refractivity contribution in [2.75, 3.05) is 52.6 Å². The lowest BCUT2D eigenvalue weighted by atomic mass is 10.0. The number of morpholine rings is 1. The Morgan fingerprint density at radius 2 is 1.88 bits per heavy atom. The summed E-state index contributed by atoms with van der Waals surface area (Å²) < 4.78 is 32.2. The molecule has 10 nitrogen and oxygen atoms in total. The van der Waals surface area contributed by atoms with Crippen molar-refractivity contribution in [1.29, 1.82) is 0 Å². The third-order valence-electron chi connectivity index (χ3n) is 6.93. The lowest BCUT2D eigenvalue weighted by Gasteiger charge is -2.26. The van der Waals surface area contributed by atoms with Gasteiger partial charge in [-0.05, 0) is 61.2 Å². The molecule has 0 aliphatic carbocycles. The van der Waals surface area contributed by atoms with Gasteiger partial charge in [-0.3, -0.25) is 14.6 Å². The first-order valence-electron chi connectivity index (χ1n) is 14.0. The second-order valence-electron chi connectivity index (χ2n) is 9.75. The number of tetrazole rings is 1. The Morgan fingerprint density at radius 3 is 2.62 bits per heavy atom. The smallest absolute Gasteiger partial charge is 0.266 e. The first-order valence-corrected chi connectivity index (χ1v) is 15.2. The van der Waals surface area contributed by atoms with E-state index >= 15 is 0 Å². The number of rotatable bonds is 13. The Labute approximate surface area is 253 Å². The molecule has 0 unspecified atom stereocenters. The fourth-order valence-electron chi connectivity index (χ4n) is 4.71. The SMILES string of the molecule is CCOc1ccc(-c2ccc(OCCN3CCOCC3)c(/C=C3\SC(=S)N(CCCCc4nn[nH]n4)C3=O)c2)cc1F. The van der Waals surface area contributed by atoms with Gasteiger partial charge in [0.15, 0.2) is 17.4 Å². The maximum atomic E-state index is 14.7. The van der Waals surface area contributed by atoms with Gasteiger partial charge in [-0.25, -0.2) is 4.39 Å². The summed E-state index contributed by atoms with van der Waals surface area (Å²) in [5.74, 6) is 0.936. The van der Waals surface area contributed by atoms with E-state index in [0.717, 1.165) is 56.8 Å². The van der Waals surface area contributed by atoms with Crippen LogP contribution in [0.3, 0.4) is 0 Å². The van der Waals surface area contributed by atoms with Gasteiger partial charge in [0.2, 0.25) is 0 Å². The summed E-state index contributed by atoms with van der Waals surface area (Å²) in [6, 6.07) is 10.6. The minimum Gasteiger partial charge on any atom is -0.492 e. The van der Waals surface area contributed by atoms with E-state index in [1.807, 2.05) is 37.3 Å². The second kappa shape index (κ2) is 14.7. The number of nitrogens with one attached hydrogen (secondary N) is 1. The Hall–Kier alpha value is -3.39. The predicted molar refractivity (Wildman–Crippen MR) is 163 cm³/mol. The van der Waals surface area contributed by atoms with Gasteiger partial charge in [0.05, 0.1) is 24.7 Å². The van der Waals surface area contributed by atoms with Crippen LogP contribution in [0.15, 0.2) is 41.3 Å². The average Bonchev–Trinajstić information content (AvgIpc) is 3.61. The normalized spacial score (nSPS) is 16.9. The molecule has 0 spiro atoms. The average molecular weight is 613 g/mol. The number of carbonyl (C=O) groups excluding carboxylic acids is 1. The van der Waals surface area contributed by atoms with Crippen molar-refractivity contribution in [3.8, 4) is 22.6 Å².